The minimum atomic E-state index is -1.77. The molecular weight excluding hydrogens is 394 g/mol. The van der Waals surface area contributed by atoms with Crippen molar-refractivity contribution in [3.8, 4) is 0 Å². The first-order valence-corrected chi connectivity index (χ1v) is 8.92. The van der Waals surface area contributed by atoms with Crippen LogP contribution in [0.2, 0.25) is 0 Å². The van der Waals surface area contributed by atoms with Gasteiger partial charge in [-0.3, -0.25) is 30.3 Å². The zero-order chi connectivity index (χ0) is 21.9. The van der Waals surface area contributed by atoms with Crippen molar-refractivity contribution in [2.45, 2.75) is 24.9 Å². The Bertz CT molecular complexity index is 998. The summed E-state index contributed by atoms with van der Waals surface area (Å²) in [7, 11) is 0. The van der Waals surface area contributed by atoms with Gasteiger partial charge in [-0.1, -0.05) is 30.3 Å². The molecule has 0 unspecified atom stereocenters. The molecular formula is C20H17N3O7. The molecule has 30 heavy (non-hydrogen) atoms. The second-order valence-electron chi connectivity index (χ2n) is 6.73. The van der Waals surface area contributed by atoms with E-state index < -0.39 is 40.3 Å². The smallest absolute Gasteiger partial charge is 0.338 e. The predicted octanol–water partition coefficient (Wildman–Crippen LogP) is 1.83. The first-order chi connectivity index (χ1) is 14.2. The number of nitrogens with one attached hydrogen (secondary N) is 2. The summed E-state index contributed by atoms with van der Waals surface area (Å²) in [6, 6.07) is 12.0. The molecule has 1 aliphatic rings. The summed E-state index contributed by atoms with van der Waals surface area (Å²) in [5.74, 6) is -2.41. The Hall–Kier alpha value is -4.08. The van der Waals surface area contributed by atoms with Crippen molar-refractivity contribution in [3.05, 3.63) is 75.8 Å². The fourth-order valence-electron chi connectivity index (χ4n) is 3.28. The summed E-state index contributed by atoms with van der Waals surface area (Å²) < 4.78 is 5.36. The Labute approximate surface area is 170 Å². The molecule has 1 heterocycles. The first-order valence-electron chi connectivity index (χ1n) is 8.92. The highest BCUT2D eigenvalue weighted by atomic mass is 16.6. The van der Waals surface area contributed by atoms with Crippen molar-refractivity contribution < 1.29 is 28.8 Å². The molecule has 0 aromatic heterocycles. The van der Waals surface area contributed by atoms with Gasteiger partial charge in [0, 0.05) is 18.6 Å². The van der Waals surface area contributed by atoms with Crippen LogP contribution in [0.3, 0.4) is 0 Å². The maximum atomic E-state index is 12.7. The summed E-state index contributed by atoms with van der Waals surface area (Å²) in [6.07, 6.45) is -1.13. The third-order valence-electron chi connectivity index (χ3n) is 4.71. The highest BCUT2D eigenvalue weighted by Crippen LogP contribution is 2.33. The highest BCUT2D eigenvalue weighted by molar-refractivity contribution is 6.23. The van der Waals surface area contributed by atoms with Crippen LogP contribution < -0.4 is 10.6 Å². The molecule has 1 atom stereocenters. The van der Waals surface area contributed by atoms with Gasteiger partial charge in [0.1, 0.15) is 6.10 Å². The summed E-state index contributed by atoms with van der Waals surface area (Å²) in [6.45, 7) is 1.50. The van der Waals surface area contributed by atoms with E-state index in [4.69, 9.17) is 4.74 Å². The van der Waals surface area contributed by atoms with E-state index >= 15 is 0 Å². The van der Waals surface area contributed by atoms with Gasteiger partial charge in [0.05, 0.1) is 10.5 Å². The van der Waals surface area contributed by atoms with Gasteiger partial charge in [0.2, 0.25) is 11.8 Å². The van der Waals surface area contributed by atoms with E-state index in [1.165, 1.54) is 31.2 Å². The maximum Gasteiger partial charge on any atom is 0.338 e. The highest BCUT2D eigenvalue weighted by Gasteiger charge is 2.52. The van der Waals surface area contributed by atoms with E-state index in [9.17, 15) is 29.3 Å². The monoisotopic (exact) mass is 411 g/mol. The molecule has 10 nitrogen and oxygen atoms in total. The van der Waals surface area contributed by atoms with E-state index in [-0.39, 0.29) is 17.7 Å². The van der Waals surface area contributed by atoms with Crippen molar-refractivity contribution >= 4 is 29.5 Å². The lowest BCUT2D eigenvalue weighted by atomic mass is 9.73. The number of nitro benzene ring substituents is 1. The molecule has 2 N–H and O–H groups in total. The van der Waals surface area contributed by atoms with E-state index in [1.54, 1.807) is 30.3 Å². The van der Waals surface area contributed by atoms with Gasteiger partial charge in [-0.2, -0.15) is 0 Å². The number of imide groups is 2. The Morgan fingerprint density at radius 2 is 1.60 bits per heavy atom. The number of carbonyl (C=O) groups excluding carboxylic acids is 4. The third-order valence-corrected chi connectivity index (χ3v) is 4.71. The van der Waals surface area contributed by atoms with Crippen LogP contribution >= 0.6 is 0 Å². The van der Waals surface area contributed by atoms with E-state index in [2.05, 4.69) is 10.6 Å². The van der Waals surface area contributed by atoms with Gasteiger partial charge < -0.3 is 4.74 Å². The fourth-order valence-corrected chi connectivity index (χ4v) is 3.28. The minimum absolute atomic E-state index is 0.0777. The molecule has 154 valence electrons. The van der Waals surface area contributed by atoms with Gasteiger partial charge in [-0.25, -0.2) is 9.59 Å². The Morgan fingerprint density at radius 3 is 2.13 bits per heavy atom. The van der Waals surface area contributed by atoms with Crippen LogP contribution in [0.25, 0.3) is 0 Å². The van der Waals surface area contributed by atoms with Gasteiger partial charge >= 0.3 is 12.0 Å². The van der Waals surface area contributed by atoms with Gasteiger partial charge in [0.15, 0.2) is 5.41 Å². The second-order valence-corrected chi connectivity index (χ2v) is 6.73. The molecule has 4 amide bonds. The molecule has 2 aromatic carbocycles. The zero-order valence-electron chi connectivity index (χ0n) is 15.8. The molecule has 3 rings (SSSR count). The first kappa shape index (κ1) is 20.6. The number of ether oxygens (including phenoxy) is 1. The van der Waals surface area contributed by atoms with Crippen molar-refractivity contribution in [3.63, 3.8) is 0 Å². The van der Waals surface area contributed by atoms with Crippen LogP contribution in [0, 0.1) is 10.1 Å². The number of hydrogen-bond donors (Lipinski definition) is 2. The summed E-state index contributed by atoms with van der Waals surface area (Å²) in [5.41, 5.74) is -1.54. The van der Waals surface area contributed by atoms with Crippen LogP contribution in [-0.4, -0.2) is 34.8 Å². The van der Waals surface area contributed by atoms with Crippen molar-refractivity contribution in [2.75, 3.05) is 0 Å². The lowest BCUT2D eigenvalue weighted by molar-refractivity contribution is -0.384. The minimum Gasteiger partial charge on any atom is -0.459 e. The molecule has 0 saturated carbocycles. The number of esters is 1. The van der Waals surface area contributed by atoms with Gasteiger partial charge in [-0.15, -0.1) is 0 Å². The molecule has 1 aliphatic heterocycles. The number of amides is 4. The SMILES string of the molecule is C[C@H](CC1(c2ccccc2)C(=O)NC(=O)NC1=O)OC(=O)c1ccc([N+](=O)[O-])cc1. The zero-order valence-corrected chi connectivity index (χ0v) is 15.8. The number of hydrogen-bond acceptors (Lipinski definition) is 7. The number of non-ortho nitro benzene ring substituents is 1. The van der Waals surface area contributed by atoms with Crippen LogP contribution in [-0.2, 0) is 19.7 Å². The summed E-state index contributed by atoms with van der Waals surface area (Å²) in [5, 5.41) is 14.9. The molecule has 2 aromatic rings. The molecule has 0 spiro atoms. The average Bonchev–Trinajstić information content (AvgIpc) is 2.71. The quantitative estimate of drug-likeness (QED) is 0.319. The number of barbiturate groups is 1. The lowest BCUT2D eigenvalue weighted by Crippen LogP contribution is -2.65. The average molecular weight is 411 g/mol. The number of nitrogens with zero attached hydrogens (tertiary/aromatic N) is 1. The number of benzene rings is 2. The number of urea groups is 1. The van der Waals surface area contributed by atoms with E-state index in [0.29, 0.717) is 5.56 Å². The fraction of sp³-hybridized carbons (Fsp3) is 0.200. The largest absolute Gasteiger partial charge is 0.459 e. The molecule has 0 aliphatic carbocycles. The summed E-state index contributed by atoms with van der Waals surface area (Å²) >= 11 is 0. The summed E-state index contributed by atoms with van der Waals surface area (Å²) in [4.78, 5) is 59.5. The van der Waals surface area contributed by atoms with Crippen LogP contribution in [0.1, 0.15) is 29.3 Å². The molecule has 1 saturated heterocycles. The van der Waals surface area contributed by atoms with Gasteiger partial charge in [-0.05, 0) is 24.6 Å². The Kier molecular flexibility index (Phi) is 5.58. The number of nitro groups is 1. The molecule has 0 radical (unpaired) electrons. The van der Waals surface area contributed by atoms with Crippen LogP contribution in [0.4, 0.5) is 10.5 Å². The van der Waals surface area contributed by atoms with Crippen molar-refractivity contribution in [1.29, 1.82) is 0 Å². The van der Waals surface area contributed by atoms with E-state index in [0.717, 1.165) is 0 Å². The number of carbonyl (C=O) groups is 4. The van der Waals surface area contributed by atoms with Crippen LogP contribution in [0.15, 0.2) is 54.6 Å². The molecule has 0 bridgehead atoms. The lowest BCUT2D eigenvalue weighted by Gasteiger charge is -2.35. The molecule has 1 fully saturated rings. The van der Waals surface area contributed by atoms with Gasteiger partial charge in [0.25, 0.3) is 5.69 Å². The Morgan fingerprint density at radius 1 is 1.03 bits per heavy atom. The molecule has 10 heteroatoms. The topological polar surface area (TPSA) is 145 Å². The Balaban J connectivity index is 1.83. The number of rotatable bonds is 6. The second kappa shape index (κ2) is 8.11. The normalized spacial score (nSPS) is 16.2. The standard InChI is InChI=1S/C20H17N3O7/c1-12(30-16(24)13-7-9-15(10-8-13)23(28)29)11-20(14-5-3-2-4-6-14)17(25)21-19(27)22-18(20)26/h2-10,12H,11H2,1H3,(H2,21,22,25,26,27)/t12-/m1/s1. The van der Waals surface area contributed by atoms with E-state index in [1.807, 2.05) is 0 Å². The van der Waals surface area contributed by atoms with Crippen LogP contribution in [0.5, 0.6) is 0 Å². The third kappa shape index (κ3) is 3.88. The predicted molar refractivity (Wildman–Crippen MR) is 102 cm³/mol. The maximum absolute atomic E-state index is 12.7. The van der Waals surface area contributed by atoms with Crippen molar-refractivity contribution in [2.24, 2.45) is 0 Å². The van der Waals surface area contributed by atoms with Crippen molar-refractivity contribution in [1.82, 2.24) is 10.6 Å².